The summed E-state index contributed by atoms with van der Waals surface area (Å²) in [5, 5.41) is 19.4. The Balaban J connectivity index is 1.46. The quantitative estimate of drug-likeness (QED) is 0.305. The lowest BCUT2D eigenvalue weighted by Crippen LogP contribution is -2.19. The molecule has 0 saturated heterocycles. The van der Waals surface area contributed by atoms with Gasteiger partial charge < -0.3 is 19.9 Å². The summed E-state index contributed by atoms with van der Waals surface area (Å²) in [4.78, 5) is 13.0. The molecule has 172 valence electrons. The molecule has 0 fully saturated rings. The van der Waals surface area contributed by atoms with Gasteiger partial charge in [0.05, 0.1) is 12.8 Å². The van der Waals surface area contributed by atoms with Gasteiger partial charge in [0, 0.05) is 5.56 Å². The van der Waals surface area contributed by atoms with Crippen LogP contribution in [0.3, 0.4) is 0 Å². The molecule has 1 amide bonds. The van der Waals surface area contributed by atoms with Crippen LogP contribution < -0.4 is 25.4 Å². The van der Waals surface area contributed by atoms with E-state index >= 15 is 0 Å². The van der Waals surface area contributed by atoms with E-state index in [1.165, 1.54) is 10.9 Å². The number of nitrogens with zero attached hydrogens (tertiary/aromatic N) is 6. The number of carbonyl (C=O) groups excluding carboxylic acids is 1. The van der Waals surface area contributed by atoms with Crippen molar-refractivity contribution in [3.63, 3.8) is 0 Å². The van der Waals surface area contributed by atoms with Gasteiger partial charge in [-0.1, -0.05) is 17.3 Å². The fraction of sp³-hybridized carbons (Fsp3) is 0.143. The SMILES string of the molecule is CCOc1cccc(-c2c(C(=O)N/N=C\c3ccc4c(c3)OCO4)nnn2-c2nonc2N)c1. The monoisotopic (exact) mass is 462 g/mol. The average Bonchev–Trinajstić information content (AvgIpc) is 3.58. The Morgan fingerprint density at radius 1 is 1.24 bits per heavy atom. The van der Waals surface area contributed by atoms with Crippen molar-refractivity contribution in [3.05, 3.63) is 53.7 Å². The van der Waals surface area contributed by atoms with Crippen molar-refractivity contribution < 1.29 is 23.6 Å². The maximum absolute atomic E-state index is 13.0. The second kappa shape index (κ2) is 8.90. The van der Waals surface area contributed by atoms with Crippen LogP contribution in [-0.2, 0) is 0 Å². The van der Waals surface area contributed by atoms with Crippen molar-refractivity contribution in [1.29, 1.82) is 0 Å². The molecule has 0 spiro atoms. The van der Waals surface area contributed by atoms with E-state index in [-0.39, 0.29) is 24.1 Å². The summed E-state index contributed by atoms with van der Waals surface area (Å²) in [7, 11) is 0. The molecule has 1 aliphatic heterocycles. The van der Waals surface area contributed by atoms with Crippen molar-refractivity contribution >= 4 is 17.9 Å². The van der Waals surface area contributed by atoms with Crippen LogP contribution in [0.4, 0.5) is 5.82 Å². The second-order valence-electron chi connectivity index (χ2n) is 6.94. The van der Waals surface area contributed by atoms with E-state index in [9.17, 15) is 4.79 Å². The van der Waals surface area contributed by atoms with E-state index in [0.717, 1.165) is 0 Å². The van der Waals surface area contributed by atoms with Gasteiger partial charge in [0.25, 0.3) is 5.91 Å². The lowest BCUT2D eigenvalue weighted by molar-refractivity contribution is 0.0950. The van der Waals surface area contributed by atoms with Crippen molar-refractivity contribution in [2.75, 3.05) is 19.1 Å². The third-order valence-corrected chi connectivity index (χ3v) is 4.78. The highest BCUT2D eigenvalue weighted by Crippen LogP contribution is 2.32. The molecule has 0 radical (unpaired) electrons. The Labute approximate surface area is 192 Å². The maximum atomic E-state index is 13.0. The van der Waals surface area contributed by atoms with Crippen LogP contribution in [0, 0.1) is 0 Å². The molecule has 13 nitrogen and oxygen atoms in total. The van der Waals surface area contributed by atoms with Gasteiger partial charge in [0.15, 0.2) is 17.2 Å². The molecule has 1 aliphatic rings. The van der Waals surface area contributed by atoms with E-state index in [4.69, 9.17) is 19.9 Å². The van der Waals surface area contributed by atoms with E-state index in [2.05, 4.69) is 35.8 Å². The zero-order chi connectivity index (χ0) is 23.5. The van der Waals surface area contributed by atoms with Gasteiger partial charge in [-0.3, -0.25) is 4.79 Å². The molecule has 3 N–H and O–H groups in total. The summed E-state index contributed by atoms with van der Waals surface area (Å²) in [6.07, 6.45) is 1.47. The van der Waals surface area contributed by atoms with Gasteiger partial charge in [-0.25, -0.2) is 10.1 Å². The number of rotatable bonds is 7. The number of ether oxygens (including phenoxy) is 3. The van der Waals surface area contributed by atoms with Crippen LogP contribution in [-0.4, -0.2) is 50.8 Å². The number of hydrazone groups is 1. The fourth-order valence-electron chi connectivity index (χ4n) is 3.29. The standard InChI is InChI=1S/C21H18N8O5/c1-2-31-14-5-3-4-13(9-14)18-17(24-28-29(18)20-19(22)26-34-27-20)21(30)25-23-10-12-6-7-15-16(8-12)33-11-32-15/h3-10H,2,11H2,1H3,(H2,22,26)(H,25,30)/b23-10-. The van der Waals surface area contributed by atoms with Gasteiger partial charge in [0.1, 0.15) is 11.4 Å². The third kappa shape index (κ3) is 3.97. The topological polar surface area (TPSA) is 165 Å². The molecule has 0 unspecified atom stereocenters. The zero-order valence-electron chi connectivity index (χ0n) is 17.8. The summed E-state index contributed by atoms with van der Waals surface area (Å²) in [6.45, 7) is 2.52. The second-order valence-corrected chi connectivity index (χ2v) is 6.94. The molecule has 2 aromatic carbocycles. The van der Waals surface area contributed by atoms with Crippen molar-refractivity contribution in [3.8, 4) is 34.3 Å². The number of fused-ring (bicyclic) bond motifs is 1. The number of carbonyl (C=O) groups is 1. The van der Waals surface area contributed by atoms with Gasteiger partial charge in [0.2, 0.25) is 18.4 Å². The zero-order valence-corrected chi connectivity index (χ0v) is 17.8. The minimum absolute atomic E-state index is 0.0140. The van der Waals surface area contributed by atoms with Crippen LogP contribution in [0.25, 0.3) is 17.1 Å². The number of nitrogens with two attached hydrogens (primary N) is 1. The Morgan fingerprint density at radius 2 is 2.12 bits per heavy atom. The molecule has 0 atom stereocenters. The van der Waals surface area contributed by atoms with E-state index in [1.807, 2.05) is 6.92 Å². The van der Waals surface area contributed by atoms with Crippen LogP contribution >= 0.6 is 0 Å². The highest BCUT2D eigenvalue weighted by molar-refractivity contribution is 5.99. The van der Waals surface area contributed by atoms with Crippen molar-refractivity contribution in [2.24, 2.45) is 5.10 Å². The number of aromatic nitrogens is 5. The molecule has 3 heterocycles. The Kier molecular flexibility index (Phi) is 5.48. The molecule has 0 saturated carbocycles. The van der Waals surface area contributed by atoms with Gasteiger partial charge in [-0.15, -0.1) is 5.10 Å². The summed E-state index contributed by atoms with van der Waals surface area (Å²) < 4.78 is 22.2. The molecular weight excluding hydrogens is 444 g/mol. The number of hydrogen-bond donors (Lipinski definition) is 2. The average molecular weight is 462 g/mol. The minimum Gasteiger partial charge on any atom is -0.494 e. The molecule has 2 aromatic heterocycles. The van der Waals surface area contributed by atoms with Crippen LogP contribution in [0.1, 0.15) is 23.0 Å². The van der Waals surface area contributed by atoms with Crippen molar-refractivity contribution in [1.82, 2.24) is 30.7 Å². The molecule has 0 aliphatic carbocycles. The number of anilines is 1. The predicted molar refractivity (Wildman–Crippen MR) is 118 cm³/mol. The fourth-order valence-corrected chi connectivity index (χ4v) is 3.29. The van der Waals surface area contributed by atoms with Gasteiger partial charge in [-0.05, 0) is 53.1 Å². The molecule has 0 bridgehead atoms. The summed E-state index contributed by atoms with van der Waals surface area (Å²) in [5.41, 5.74) is 9.89. The van der Waals surface area contributed by atoms with Crippen LogP contribution in [0.5, 0.6) is 17.2 Å². The van der Waals surface area contributed by atoms with Crippen LogP contribution in [0.2, 0.25) is 0 Å². The Hall–Kier alpha value is -4.94. The first kappa shape index (κ1) is 20.9. The van der Waals surface area contributed by atoms with E-state index in [1.54, 1.807) is 42.5 Å². The largest absolute Gasteiger partial charge is 0.494 e. The number of amides is 1. The molecule has 4 aromatic rings. The first-order chi connectivity index (χ1) is 16.6. The number of benzene rings is 2. The highest BCUT2D eigenvalue weighted by Gasteiger charge is 2.25. The maximum Gasteiger partial charge on any atom is 0.294 e. The minimum atomic E-state index is -0.602. The molecule has 5 rings (SSSR count). The first-order valence-corrected chi connectivity index (χ1v) is 10.1. The Bertz CT molecular complexity index is 1380. The van der Waals surface area contributed by atoms with Gasteiger partial charge in [-0.2, -0.15) is 9.78 Å². The van der Waals surface area contributed by atoms with Crippen LogP contribution in [0.15, 0.2) is 52.2 Å². The Morgan fingerprint density at radius 3 is 2.94 bits per heavy atom. The third-order valence-electron chi connectivity index (χ3n) is 4.78. The predicted octanol–water partition coefficient (Wildman–Crippen LogP) is 1.79. The number of nitrogen functional groups attached to an aromatic ring is 1. The molecular formula is C21H18N8O5. The lowest BCUT2D eigenvalue weighted by Gasteiger charge is -2.08. The summed E-state index contributed by atoms with van der Waals surface area (Å²) in [5.74, 6) is 1.33. The highest BCUT2D eigenvalue weighted by atomic mass is 16.7. The molecule has 34 heavy (non-hydrogen) atoms. The molecule has 13 heteroatoms. The normalized spacial score (nSPS) is 12.3. The number of nitrogens with one attached hydrogen (secondary N) is 1. The van der Waals surface area contributed by atoms with E-state index < -0.39 is 5.91 Å². The summed E-state index contributed by atoms with van der Waals surface area (Å²) >= 11 is 0. The lowest BCUT2D eigenvalue weighted by atomic mass is 10.1. The first-order valence-electron chi connectivity index (χ1n) is 10.1. The number of hydrogen-bond acceptors (Lipinski definition) is 11. The van der Waals surface area contributed by atoms with Crippen molar-refractivity contribution in [2.45, 2.75) is 6.92 Å². The summed E-state index contributed by atoms with van der Waals surface area (Å²) in [6, 6.07) is 12.4. The smallest absolute Gasteiger partial charge is 0.294 e. The van der Waals surface area contributed by atoms with Gasteiger partial charge >= 0.3 is 0 Å². The van der Waals surface area contributed by atoms with E-state index in [0.29, 0.717) is 40.7 Å².